The van der Waals surface area contributed by atoms with Crippen LogP contribution in [0.2, 0.25) is 0 Å². The Hall–Kier alpha value is -3.26. The van der Waals surface area contributed by atoms with Crippen LogP contribution >= 0.6 is 15.9 Å². The maximum Gasteiger partial charge on any atom is 0.225 e. The summed E-state index contributed by atoms with van der Waals surface area (Å²) in [6.07, 6.45) is 3.52. The lowest BCUT2D eigenvalue weighted by atomic mass is 10.0. The third-order valence-electron chi connectivity index (χ3n) is 4.85. The van der Waals surface area contributed by atoms with Crippen molar-refractivity contribution in [2.24, 2.45) is 5.92 Å². The van der Waals surface area contributed by atoms with Gasteiger partial charge < -0.3 is 15.4 Å². The number of aromatic nitrogens is 2. The molecule has 1 atom stereocenters. The second-order valence-corrected chi connectivity index (χ2v) is 7.88. The summed E-state index contributed by atoms with van der Waals surface area (Å²) in [5, 5.41) is 6.93. The molecule has 0 radical (unpaired) electrons. The maximum atomic E-state index is 12.5. The van der Waals surface area contributed by atoms with E-state index >= 15 is 0 Å². The average Bonchev–Trinajstić information content (AvgIpc) is 3.08. The second-order valence-electron chi connectivity index (χ2n) is 6.96. The number of nitrogens with zero attached hydrogens (tertiary/aromatic N) is 2. The Kier molecular flexibility index (Phi) is 5.76. The lowest BCUT2D eigenvalue weighted by Crippen LogP contribution is -2.19. The van der Waals surface area contributed by atoms with E-state index < -0.39 is 0 Å². The number of carbonyl (C=O) groups excluding carboxylic acids is 2. The summed E-state index contributed by atoms with van der Waals surface area (Å²) in [7, 11) is 1.53. The van der Waals surface area contributed by atoms with Crippen LogP contribution in [0.25, 0.3) is 10.9 Å². The number of anilines is 3. The first kappa shape index (κ1) is 20.0. The highest BCUT2D eigenvalue weighted by Gasteiger charge is 2.28. The Morgan fingerprint density at radius 1 is 1.20 bits per heavy atom. The number of allylic oxidation sites excluding steroid dienone is 2. The van der Waals surface area contributed by atoms with Gasteiger partial charge in [-0.25, -0.2) is 9.97 Å². The number of rotatable bonds is 6. The first-order valence-electron chi connectivity index (χ1n) is 9.37. The highest BCUT2D eigenvalue weighted by molar-refractivity contribution is 9.10. The van der Waals surface area contributed by atoms with Gasteiger partial charge in [0.15, 0.2) is 5.78 Å². The molecule has 1 amide bonds. The van der Waals surface area contributed by atoms with Crippen molar-refractivity contribution in [2.45, 2.75) is 12.8 Å². The zero-order chi connectivity index (χ0) is 21.1. The van der Waals surface area contributed by atoms with Crippen molar-refractivity contribution in [3.63, 3.8) is 0 Å². The van der Waals surface area contributed by atoms with E-state index in [0.29, 0.717) is 23.7 Å². The predicted octanol–water partition coefficient (Wildman–Crippen LogP) is 4.58. The van der Waals surface area contributed by atoms with Crippen molar-refractivity contribution in [2.75, 3.05) is 17.7 Å². The number of ether oxygens (including phenoxy) is 1. The molecule has 2 N–H and O–H groups in total. The number of ketones is 1. The standard InChI is InChI=1S/C22H19BrN4O3/c1-30-17-7-13(20(28)11-17)8-21(29)26-16-5-6-19-18(10-16)22(25-12-24-19)27-15-4-2-3-14(23)9-15/h2-6,9-13H,7-8H2,1H3,(H,26,29)(H,24,25,27). The van der Waals surface area contributed by atoms with Gasteiger partial charge in [0.1, 0.15) is 12.1 Å². The van der Waals surface area contributed by atoms with Crippen LogP contribution in [0, 0.1) is 5.92 Å². The lowest BCUT2D eigenvalue weighted by molar-refractivity contribution is -0.123. The first-order chi connectivity index (χ1) is 14.5. The van der Waals surface area contributed by atoms with Gasteiger partial charge in [0.05, 0.1) is 18.4 Å². The molecule has 30 heavy (non-hydrogen) atoms. The van der Waals surface area contributed by atoms with E-state index in [9.17, 15) is 9.59 Å². The number of hydrogen-bond donors (Lipinski definition) is 2. The molecule has 0 bridgehead atoms. The SMILES string of the molecule is COC1=CC(=O)C(CC(=O)Nc2ccc3ncnc(Nc4cccc(Br)c4)c3c2)C1. The molecule has 1 aromatic heterocycles. The average molecular weight is 467 g/mol. The predicted molar refractivity (Wildman–Crippen MR) is 118 cm³/mol. The van der Waals surface area contributed by atoms with Gasteiger partial charge in [-0.2, -0.15) is 0 Å². The highest BCUT2D eigenvalue weighted by atomic mass is 79.9. The summed E-state index contributed by atoms with van der Waals surface area (Å²) in [6, 6.07) is 13.2. The highest BCUT2D eigenvalue weighted by Crippen LogP contribution is 2.28. The molecular formula is C22H19BrN4O3. The van der Waals surface area contributed by atoms with Crippen LogP contribution in [0.4, 0.5) is 17.2 Å². The van der Waals surface area contributed by atoms with Crippen LogP contribution in [0.15, 0.2) is 65.1 Å². The molecule has 0 aliphatic heterocycles. The second kappa shape index (κ2) is 8.62. The summed E-state index contributed by atoms with van der Waals surface area (Å²) < 4.78 is 6.06. The number of halogens is 1. The molecular weight excluding hydrogens is 448 g/mol. The molecule has 8 heteroatoms. The number of fused-ring (bicyclic) bond motifs is 1. The van der Waals surface area contributed by atoms with Gasteiger partial charge >= 0.3 is 0 Å². The van der Waals surface area contributed by atoms with Crippen LogP contribution in [-0.4, -0.2) is 28.8 Å². The normalized spacial score (nSPS) is 15.7. The Morgan fingerprint density at radius 3 is 2.83 bits per heavy atom. The van der Waals surface area contributed by atoms with Crippen molar-refractivity contribution in [1.29, 1.82) is 0 Å². The van der Waals surface area contributed by atoms with Crippen LogP contribution in [0.5, 0.6) is 0 Å². The van der Waals surface area contributed by atoms with Gasteiger partial charge in [0, 0.05) is 46.1 Å². The summed E-state index contributed by atoms with van der Waals surface area (Å²) in [4.78, 5) is 33.1. The van der Waals surface area contributed by atoms with Crippen molar-refractivity contribution in [3.8, 4) is 0 Å². The lowest BCUT2D eigenvalue weighted by Gasteiger charge is -2.12. The Balaban J connectivity index is 1.51. The molecule has 1 unspecified atom stereocenters. The number of nitrogens with one attached hydrogen (secondary N) is 2. The summed E-state index contributed by atoms with van der Waals surface area (Å²) in [5.41, 5.74) is 2.24. The summed E-state index contributed by atoms with van der Waals surface area (Å²) >= 11 is 3.46. The third-order valence-corrected chi connectivity index (χ3v) is 5.35. The minimum absolute atomic E-state index is 0.0746. The van der Waals surface area contributed by atoms with Gasteiger partial charge in [-0.3, -0.25) is 9.59 Å². The van der Waals surface area contributed by atoms with Gasteiger partial charge in [-0.1, -0.05) is 22.0 Å². The van der Waals surface area contributed by atoms with Crippen molar-refractivity contribution in [3.05, 3.63) is 65.1 Å². The van der Waals surface area contributed by atoms with Crippen LogP contribution in [0.1, 0.15) is 12.8 Å². The molecule has 1 aliphatic rings. The Bertz CT molecular complexity index is 1160. The zero-order valence-corrected chi connectivity index (χ0v) is 17.8. The van der Waals surface area contributed by atoms with Crippen molar-refractivity contribution >= 4 is 55.7 Å². The molecule has 0 saturated carbocycles. The van der Waals surface area contributed by atoms with E-state index in [1.165, 1.54) is 19.5 Å². The van der Waals surface area contributed by atoms with E-state index in [1.807, 2.05) is 36.4 Å². The smallest absolute Gasteiger partial charge is 0.225 e. The molecule has 1 aliphatic carbocycles. The number of carbonyl (C=O) groups is 2. The van der Waals surface area contributed by atoms with E-state index in [4.69, 9.17) is 4.74 Å². The Morgan fingerprint density at radius 2 is 2.07 bits per heavy atom. The molecule has 0 fully saturated rings. The molecule has 0 saturated heterocycles. The fourth-order valence-electron chi connectivity index (χ4n) is 3.37. The van der Waals surface area contributed by atoms with E-state index in [0.717, 1.165) is 21.1 Å². The number of amides is 1. The number of hydrogen-bond acceptors (Lipinski definition) is 6. The van der Waals surface area contributed by atoms with Gasteiger partial charge in [0.25, 0.3) is 0 Å². The van der Waals surface area contributed by atoms with Crippen molar-refractivity contribution in [1.82, 2.24) is 9.97 Å². The fraction of sp³-hybridized carbons (Fsp3) is 0.182. The largest absolute Gasteiger partial charge is 0.501 e. The topological polar surface area (TPSA) is 93.2 Å². The third kappa shape index (κ3) is 4.49. The molecule has 7 nitrogen and oxygen atoms in total. The molecule has 152 valence electrons. The molecule has 3 aromatic rings. The fourth-order valence-corrected chi connectivity index (χ4v) is 3.77. The number of methoxy groups -OCH3 is 1. The first-order valence-corrected chi connectivity index (χ1v) is 10.2. The summed E-state index contributed by atoms with van der Waals surface area (Å²) in [5.74, 6) is 0.571. The molecule has 2 aromatic carbocycles. The molecule has 4 rings (SSSR count). The van der Waals surface area contributed by atoms with E-state index in [-0.39, 0.29) is 24.0 Å². The minimum atomic E-state index is -0.377. The van der Waals surface area contributed by atoms with Crippen LogP contribution in [-0.2, 0) is 14.3 Å². The van der Waals surface area contributed by atoms with E-state index in [1.54, 1.807) is 6.07 Å². The summed E-state index contributed by atoms with van der Waals surface area (Å²) in [6.45, 7) is 0. The Labute approximate surface area is 181 Å². The quantitative estimate of drug-likeness (QED) is 0.551. The van der Waals surface area contributed by atoms with Gasteiger partial charge in [-0.15, -0.1) is 0 Å². The maximum absolute atomic E-state index is 12.5. The molecule has 1 heterocycles. The zero-order valence-electron chi connectivity index (χ0n) is 16.2. The number of benzene rings is 2. The van der Waals surface area contributed by atoms with Gasteiger partial charge in [0.2, 0.25) is 5.91 Å². The molecule has 0 spiro atoms. The van der Waals surface area contributed by atoms with E-state index in [2.05, 4.69) is 36.5 Å². The van der Waals surface area contributed by atoms with Crippen LogP contribution in [0.3, 0.4) is 0 Å². The minimum Gasteiger partial charge on any atom is -0.501 e. The van der Waals surface area contributed by atoms with Crippen LogP contribution < -0.4 is 10.6 Å². The monoisotopic (exact) mass is 466 g/mol. The van der Waals surface area contributed by atoms with Crippen molar-refractivity contribution < 1.29 is 14.3 Å². The van der Waals surface area contributed by atoms with Gasteiger partial charge in [-0.05, 0) is 36.4 Å².